The van der Waals surface area contributed by atoms with E-state index in [9.17, 15) is 18.0 Å². The lowest BCUT2D eigenvalue weighted by Crippen LogP contribution is -2.27. The van der Waals surface area contributed by atoms with Gasteiger partial charge in [0.15, 0.2) is 0 Å². The van der Waals surface area contributed by atoms with Gasteiger partial charge in [0.2, 0.25) is 0 Å². The molecule has 0 aliphatic carbocycles. The fourth-order valence-electron chi connectivity index (χ4n) is 1.80. The smallest absolute Gasteiger partial charge is 0.352 e. The van der Waals surface area contributed by atoms with Gasteiger partial charge in [0, 0.05) is 6.54 Å². The van der Waals surface area contributed by atoms with Crippen molar-refractivity contribution < 1.29 is 18.0 Å². The molecule has 2 nitrogen and oxygen atoms in total. The lowest BCUT2D eigenvalue weighted by molar-refractivity contribution is -0.137. The standard InChI is InChI=1S/C14H17F3INO/c15-14(16,17)12-8-4-3-7-11(12)13(20)19-10-6-2-1-5-9-18/h3-4,7-8H,1-2,5-6,9-10H2,(H,19,20). The molecule has 0 saturated carbocycles. The number of halogens is 4. The van der Waals surface area contributed by atoms with E-state index < -0.39 is 17.6 Å². The minimum atomic E-state index is -4.51. The fraction of sp³-hybridized carbons (Fsp3) is 0.500. The second-order valence-electron chi connectivity index (χ2n) is 4.40. The minimum Gasteiger partial charge on any atom is -0.352 e. The van der Waals surface area contributed by atoms with Crippen molar-refractivity contribution >= 4 is 28.5 Å². The monoisotopic (exact) mass is 399 g/mol. The summed E-state index contributed by atoms with van der Waals surface area (Å²) < 4.78 is 39.4. The first-order valence-corrected chi connectivity index (χ1v) is 7.99. The van der Waals surface area contributed by atoms with Gasteiger partial charge in [-0.05, 0) is 29.4 Å². The highest BCUT2D eigenvalue weighted by molar-refractivity contribution is 14.1. The lowest BCUT2D eigenvalue weighted by atomic mass is 10.1. The van der Waals surface area contributed by atoms with Gasteiger partial charge in [0.05, 0.1) is 11.1 Å². The van der Waals surface area contributed by atoms with Crippen molar-refractivity contribution in [3.05, 3.63) is 35.4 Å². The summed E-state index contributed by atoms with van der Waals surface area (Å²) in [6.07, 6.45) is -0.529. The Morgan fingerprint density at radius 1 is 1.10 bits per heavy atom. The molecule has 0 aromatic heterocycles. The number of hydrogen-bond acceptors (Lipinski definition) is 1. The molecule has 0 bridgehead atoms. The van der Waals surface area contributed by atoms with Crippen LogP contribution in [0.4, 0.5) is 13.2 Å². The molecule has 1 N–H and O–H groups in total. The van der Waals surface area contributed by atoms with Crippen LogP contribution in [0.1, 0.15) is 41.6 Å². The normalized spacial score (nSPS) is 11.4. The first-order chi connectivity index (χ1) is 9.46. The summed E-state index contributed by atoms with van der Waals surface area (Å²) in [4.78, 5) is 11.8. The number of alkyl halides is 4. The molecule has 0 aliphatic heterocycles. The Morgan fingerprint density at radius 2 is 1.75 bits per heavy atom. The Kier molecular flexibility index (Phi) is 7.32. The predicted octanol–water partition coefficient (Wildman–Crippen LogP) is 4.43. The fourth-order valence-corrected chi connectivity index (χ4v) is 2.34. The maximum absolute atomic E-state index is 12.8. The Bertz CT molecular complexity index is 435. The molecule has 0 saturated heterocycles. The number of benzene rings is 1. The van der Waals surface area contributed by atoms with E-state index in [-0.39, 0.29) is 5.56 Å². The summed E-state index contributed by atoms with van der Waals surface area (Å²) >= 11 is 2.30. The highest BCUT2D eigenvalue weighted by Crippen LogP contribution is 2.31. The molecular formula is C14H17F3INO. The summed E-state index contributed by atoms with van der Waals surface area (Å²) in [5.74, 6) is -0.660. The van der Waals surface area contributed by atoms with Crippen molar-refractivity contribution in [2.75, 3.05) is 11.0 Å². The zero-order valence-corrected chi connectivity index (χ0v) is 13.1. The molecular weight excluding hydrogens is 382 g/mol. The van der Waals surface area contributed by atoms with Crippen LogP contribution in [0, 0.1) is 0 Å². The average molecular weight is 399 g/mol. The van der Waals surface area contributed by atoms with Gasteiger partial charge in [0.25, 0.3) is 5.91 Å². The zero-order chi connectivity index (χ0) is 15.0. The van der Waals surface area contributed by atoms with E-state index in [4.69, 9.17) is 0 Å². The van der Waals surface area contributed by atoms with Gasteiger partial charge in [-0.25, -0.2) is 0 Å². The maximum atomic E-state index is 12.8. The molecule has 0 unspecified atom stereocenters. The van der Waals surface area contributed by atoms with Crippen LogP contribution < -0.4 is 5.32 Å². The SMILES string of the molecule is O=C(NCCCCCCI)c1ccccc1C(F)(F)F. The van der Waals surface area contributed by atoms with E-state index in [2.05, 4.69) is 27.9 Å². The van der Waals surface area contributed by atoms with E-state index in [1.807, 2.05) is 0 Å². The molecule has 20 heavy (non-hydrogen) atoms. The van der Waals surface area contributed by atoms with Gasteiger partial charge >= 0.3 is 6.18 Å². The van der Waals surface area contributed by atoms with E-state index in [1.165, 1.54) is 18.2 Å². The Balaban J connectivity index is 2.52. The largest absolute Gasteiger partial charge is 0.417 e. The Labute approximate surface area is 130 Å². The number of rotatable bonds is 7. The third-order valence-corrected chi connectivity index (χ3v) is 3.59. The van der Waals surface area contributed by atoms with Gasteiger partial charge < -0.3 is 5.32 Å². The molecule has 1 aromatic carbocycles. The first-order valence-electron chi connectivity index (χ1n) is 6.47. The molecule has 112 valence electrons. The van der Waals surface area contributed by atoms with Crippen LogP contribution in [0.5, 0.6) is 0 Å². The average Bonchev–Trinajstić information content (AvgIpc) is 2.41. The molecule has 1 aromatic rings. The second-order valence-corrected chi connectivity index (χ2v) is 5.48. The van der Waals surface area contributed by atoms with Crippen LogP contribution in [0.15, 0.2) is 24.3 Å². The molecule has 0 aliphatic rings. The number of amides is 1. The van der Waals surface area contributed by atoms with Crippen LogP contribution in [-0.4, -0.2) is 16.9 Å². The Morgan fingerprint density at radius 3 is 2.40 bits per heavy atom. The van der Waals surface area contributed by atoms with Crippen molar-refractivity contribution in [3.8, 4) is 0 Å². The van der Waals surface area contributed by atoms with Crippen molar-refractivity contribution in [1.82, 2.24) is 5.32 Å². The molecule has 1 rings (SSSR count). The van der Waals surface area contributed by atoms with E-state index in [1.54, 1.807) is 0 Å². The molecule has 0 radical (unpaired) electrons. The molecule has 0 heterocycles. The van der Waals surface area contributed by atoms with Crippen LogP contribution in [0.3, 0.4) is 0 Å². The molecule has 1 amide bonds. The van der Waals surface area contributed by atoms with Crippen molar-refractivity contribution in [2.24, 2.45) is 0 Å². The summed E-state index contributed by atoms with van der Waals surface area (Å²) in [5.41, 5.74) is -1.20. The highest BCUT2D eigenvalue weighted by atomic mass is 127. The molecule has 0 fully saturated rings. The zero-order valence-electron chi connectivity index (χ0n) is 11.0. The van der Waals surface area contributed by atoms with Crippen LogP contribution in [-0.2, 0) is 6.18 Å². The van der Waals surface area contributed by atoms with Gasteiger partial charge in [0.1, 0.15) is 0 Å². The molecule has 6 heteroatoms. The van der Waals surface area contributed by atoms with Gasteiger partial charge in [-0.2, -0.15) is 13.2 Å². The van der Waals surface area contributed by atoms with Gasteiger partial charge in [-0.1, -0.05) is 47.6 Å². The summed E-state index contributed by atoms with van der Waals surface area (Å²) in [7, 11) is 0. The predicted molar refractivity (Wildman–Crippen MR) is 81.1 cm³/mol. The molecule has 0 spiro atoms. The maximum Gasteiger partial charge on any atom is 0.417 e. The number of unbranched alkanes of at least 4 members (excludes halogenated alkanes) is 3. The van der Waals surface area contributed by atoms with Crippen molar-refractivity contribution in [2.45, 2.75) is 31.9 Å². The van der Waals surface area contributed by atoms with Crippen LogP contribution in [0.25, 0.3) is 0 Å². The number of hydrogen-bond donors (Lipinski definition) is 1. The third kappa shape index (κ3) is 5.68. The van der Waals surface area contributed by atoms with E-state index in [0.717, 1.165) is 36.2 Å². The Hall–Kier alpha value is -0.790. The second kappa shape index (κ2) is 8.49. The summed E-state index contributed by atoms with van der Waals surface area (Å²) in [6.45, 7) is 0.409. The lowest BCUT2D eigenvalue weighted by Gasteiger charge is -2.12. The van der Waals surface area contributed by atoms with E-state index in [0.29, 0.717) is 6.54 Å². The van der Waals surface area contributed by atoms with E-state index >= 15 is 0 Å². The van der Waals surface area contributed by atoms with Crippen LogP contribution >= 0.6 is 22.6 Å². The highest BCUT2D eigenvalue weighted by Gasteiger charge is 2.34. The number of carbonyl (C=O) groups excluding carboxylic acids is 1. The summed E-state index contributed by atoms with van der Waals surface area (Å²) in [6, 6.07) is 4.84. The van der Waals surface area contributed by atoms with Crippen LogP contribution in [0.2, 0.25) is 0 Å². The number of nitrogens with one attached hydrogen (secondary N) is 1. The van der Waals surface area contributed by atoms with Crippen molar-refractivity contribution in [1.29, 1.82) is 0 Å². The first kappa shape index (κ1) is 17.3. The summed E-state index contributed by atoms with van der Waals surface area (Å²) in [5, 5.41) is 2.55. The number of carbonyl (C=O) groups is 1. The minimum absolute atomic E-state index is 0.313. The van der Waals surface area contributed by atoms with Crippen molar-refractivity contribution in [3.63, 3.8) is 0 Å². The topological polar surface area (TPSA) is 29.1 Å². The van der Waals surface area contributed by atoms with Gasteiger partial charge in [-0.3, -0.25) is 4.79 Å². The molecule has 0 atom stereocenters. The van der Waals surface area contributed by atoms with Gasteiger partial charge in [-0.15, -0.1) is 0 Å². The quantitative estimate of drug-likeness (QED) is 0.410. The third-order valence-electron chi connectivity index (χ3n) is 2.82.